The number of alkyl halides is 3. The molecule has 0 saturated carbocycles. The van der Waals surface area contributed by atoms with Crippen molar-refractivity contribution in [1.29, 1.82) is 0 Å². The van der Waals surface area contributed by atoms with Crippen LogP contribution in [0.3, 0.4) is 0 Å². The number of thioether (sulfide) groups is 1. The van der Waals surface area contributed by atoms with Crippen LogP contribution in [0.15, 0.2) is 70.5 Å². The number of nitrogens with two attached hydrogens (primary N) is 1. The van der Waals surface area contributed by atoms with Crippen LogP contribution in [-0.4, -0.2) is 61.8 Å². The monoisotopic (exact) mass is 651 g/mol. The van der Waals surface area contributed by atoms with Crippen molar-refractivity contribution in [2.24, 2.45) is 15.9 Å². The fourth-order valence-corrected chi connectivity index (χ4v) is 5.94. The second-order valence-electron chi connectivity index (χ2n) is 9.25. The van der Waals surface area contributed by atoms with Crippen LogP contribution in [0, 0.1) is 10.1 Å². The minimum atomic E-state index is -4.65. The molecule has 0 spiro atoms. The Balaban J connectivity index is 1.26. The predicted molar refractivity (Wildman–Crippen MR) is 152 cm³/mol. The maximum Gasteiger partial charge on any atom is 0.416 e. The highest BCUT2D eigenvalue weighted by atomic mass is 32.2. The number of amides is 2. The van der Waals surface area contributed by atoms with Crippen molar-refractivity contribution < 1.29 is 42.1 Å². The van der Waals surface area contributed by atoms with E-state index in [9.17, 15) is 37.7 Å². The van der Waals surface area contributed by atoms with Gasteiger partial charge in [-0.1, -0.05) is 11.2 Å². The van der Waals surface area contributed by atoms with E-state index in [-0.39, 0.29) is 23.7 Å². The summed E-state index contributed by atoms with van der Waals surface area (Å²) in [6, 6.07) is 8.07. The number of ether oxygens (including phenoxy) is 1. The molecular weight excluding hydrogens is 631 g/mol. The van der Waals surface area contributed by atoms with Gasteiger partial charge in [-0.3, -0.25) is 30.3 Å². The van der Waals surface area contributed by atoms with Crippen molar-refractivity contribution in [3.63, 3.8) is 0 Å². The SMILES string of the molecule is NC1(C(=NOc2cccc(C(F)(F)F)c2)C(=O)NC2C(=O)N3C(C(=O)OCc4ccc([N+](=O)[O-])cc4)=CCS[C@H]23)N=CSN1. The second kappa shape index (κ2) is 12.3. The van der Waals surface area contributed by atoms with E-state index >= 15 is 0 Å². The van der Waals surface area contributed by atoms with E-state index in [4.69, 9.17) is 15.3 Å². The lowest BCUT2D eigenvalue weighted by Crippen LogP contribution is -2.72. The lowest BCUT2D eigenvalue weighted by atomic mass is 10.0. The summed E-state index contributed by atoms with van der Waals surface area (Å²) >= 11 is 2.17. The van der Waals surface area contributed by atoms with Gasteiger partial charge in [0.05, 0.1) is 16.0 Å². The molecule has 1 saturated heterocycles. The molecule has 0 radical (unpaired) electrons. The molecule has 3 heterocycles. The van der Waals surface area contributed by atoms with Crippen LogP contribution in [0.4, 0.5) is 18.9 Å². The zero-order chi connectivity index (χ0) is 31.6. The number of nitrogens with zero attached hydrogens (tertiary/aromatic N) is 4. The first-order chi connectivity index (χ1) is 20.9. The second-order valence-corrected chi connectivity index (χ2v) is 11.1. The molecule has 230 valence electrons. The van der Waals surface area contributed by atoms with Crippen molar-refractivity contribution in [1.82, 2.24) is 14.9 Å². The summed E-state index contributed by atoms with van der Waals surface area (Å²) in [6.07, 6.45) is -3.15. The van der Waals surface area contributed by atoms with Gasteiger partial charge < -0.3 is 14.9 Å². The molecule has 3 aliphatic rings. The molecule has 1 fully saturated rings. The summed E-state index contributed by atoms with van der Waals surface area (Å²) in [5, 5.41) is 16.3. The first-order valence-electron chi connectivity index (χ1n) is 12.4. The number of non-ortho nitro benzene ring substituents is 1. The van der Waals surface area contributed by atoms with E-state index in [1.807, 2.05) is 0 Å². The summed E-state index contributed by atoms with van der Waals surface area (Å²) in [5.74, 6) is -4.43. The standard InChI is InChI=1S/C25H20F3N7O7S2/c26-24(27,28)14-2-1-3-16(10-14)42-32-19(25(29)30-12-44-33-25)20(36)31-18-21(37)34-17(8-9-43-22(18)34)23(38)41-11-13-4-6-15(7-5-13)35(39)40/h1-8,10,12,18,22,33H,9,11,29H2,(H,31,36)/t18?,22-,25?/m1/s1. The highest BCUT2D eigenvalue weighted by Gasteiger charge is 2.54. The molecule has 44 heavy (non-hydrogen) atoms. The number of esters is 1. The average Bonchev–Trinajstić information content (AvgIpc) is 3.45. The van der Waals surface area contributed by atoms with Gasteiger partial charge in [0.1, 0.15) is 23.7 Å². The first kappa shape index (κ1) is 31.0. The van der Waals surface area contributed by atoms with Crippen LogP contribution in [-0.2, 0) is 31.9 Å². The third kappa shape index (κ3) is 6.39. The number of nitro benzene ring substituents is 1. The number of rotatable bonds is 9. The average molecular weight is 652 g/mol. The Labute approximate surface area is 254 Å². The van der Waals surface area contributed by atoms with Crippen LogP contribution in [0.1, 0.15) is 11.1 Å². The lowest BCUT2D eigenvalue weighted by molar-refractivity contribution is -0.384. The molecule has 2 aromatic rings. The van der Waals surface area contributed by atoms with E-state index in [2.05, 4.69) is 20.2 Å². The molecule has 4 N–H and O–H groups in total. The predicted octanol–water partition coefficient (Wildman–Crippen LogP) is 2.27. The number of nitrogens with one attached hydrogen (secondary N) is 2. The molecule has 2 aromatic carbocycles. The van der Waals surface area contributed by atoms with Gasteiger partial charge in [-0.15, -0.1) is 11.8 Å². The summed E-state index contributed by atoms with van der Waals surface area (Å²) < 4.78 is 47.2. The van der Waals surface area contributed by atoms with E-state index in [1.165, 1.54) is 53.7 Å². The number of halogens is 3. The van der Waals surface area contributed by atoms with E-state index < -0.39 is 57.4 Å². The van der Waals surface area contributed by atoms with Crippen molar-refractivity contribution in [3.05, 3.63) is 81.5 Å². The van der Waals surface area contributed by atoms with Crippen LogP contribution in [0.25, 0.3) is 0 Å². The quantitative estimate of drug-likeness (QED) is 0.0900. The van der Waals surface area contributed by atoms with Gasteiger partial charge in [-0.25, -0.2) is 14.5 Å². The number of nitro groups is 1. The number of hydrogen-bond donors (Lipinski definition) is 3. The fraction of sp³-hybridized carbons (Fsp3) is 0.240. The van der Waals surface area contributed by atoms with Crippen LogP contribution in [0.2, 0.25) is 0 Å². The maximum absolute atomic E-state index is 13.3. The number of oxime groups is 1. The van der Waals surface area contributed by atoms with Crippen molar-refractivity contribution in [3.8, 4) is 5.75 Å². The molecule has 0 aromatic heterocycles. The summed E-state index contributed by atoms with van der Waals surface area (Å²) in [4.78, 5) is 59.7. The Bertz CT molecular complexity index is 1600. The highest BCUT2D eigenvalue weighted by Crippen LogP contribution is 2.38. The molecule has 3 atom stereocenters. The topological polar surface area (TPSA) is 191 Å². The largest absolute Gasteiger partial charge is 0.456 e. The molecule has 5 rings (SSSR count). The van der Waals surface area contributed by atoms with Gasteiger partial charge in [0.15, 0.2) is 5.75 Å². The van der Waals surface area contributed by atoms with E-state index in [0.717, 1.165) is 29.0 Å². The van der Waals surface area contributed by atoms with Crippen molar-refractivity contribution in [2.45, 2.75) is 30.0 Å². The summed E-state index contributed by atoms with van der Waals surface area (Å²) in [7, 11) is 0. The van der Waals surface area contributed by atoms with Gasteiger partial charge >= 0.3 is 12.1 Å². The third-order valence-electron chi connectivity index (χ3n) is 6.36. The molecule has 0 aliphatic carbocycles. The van der Waals surface area contributed by atoms with Gasteiger partial charge in [-0.05, 0) is 53.9 Å². The van der Waals surface area contributed by atoms with Crippen molar-refractivity contribution >= 4 is 58.4 Å². The number of carbonyl (C=O) groups excluding carboxylic acids is 3. The zero-order valence-corrected chi connectivity index (χ0v) is 23.6. The Hall–Kier alpha value is -4.46. The number of benzene rings is 2. The van der Waals surface area contributed by atoms with Gasteiger partial charge in [0.2, 0.25) is 11.5 Å². The number of hydrogen-bond acceptors (Lipinski definition) is 13. The number of carbonyl (C=O) groups is 3. The molecule has 0 bridgehead atoms. The minimum Gasteiger partial charge on any atom is -0.456 e. The first-order valence-corrected chi connectivity index (χ1v) is 14.3. The van der Waals surface area contributed by atoms with Crippen LogP contribution in [0.5, 0.6) is 5.75 Å². The molecular formula is C25H20F3N7O7S2. The maximum atomic E-state index is 13.3. The van der Waals surface area contributed by atoms with Gasteiger partial charge in [0, 0.05) is 17.9 Å². The zero-order valence-electron chi connectivity index (χ0n) is 22.0. The normalized spacial score (nSPS) is 22.9. The molecule has 3 aliphatic heterocycles. The minimum absolute atomic E-state index is 0.0401. The number of fused-ring (bicyclic) bond motifs is 1. The molecule has 19 heteroatoms. The van der Waals surface area contributed by atoms with E-state index in [0.29, 0.717) is 17.4 Å². The van der Waals surface area contributed by atoms with Gasteiger partial charge in [0.25, 0.3) is 17.5 Å². The molecule has 2 unspecified atom stereocenters. The van der Waals surface area contributed by atoms with Crippen LogP contribution < -0.4 is 20.6 Å². The summed E-state index contributed by atoms with van der Waals surface area (Å²) in [5.41, 5.74) is 6.16. The van der Waals surface area contributed by atoms with Crippen molar-refractivity contribution in [2.75, 3.05) is 5.75 Å². The Kier molecular flexibility index (Phi) is 8.64. The highest BCUT2D eigenvalue weighted by molar-refractivity contribution is 8.10. The van der Waals surface area contributed by atoms with Crippen LogP contribution >= 0.6 is 23.7 Å². The van der Waals surface area contributed by atoms with E-state index in [1.54, 1.807) is 0 Å². The molecule has 2 amide bonds. The number of aliphatic imine (C=N–C) groups is 1. The Morgan fingerprint density at radius 1 is 1.27 bits per heavy atom. The fourth-order valence-electron chi connectivity index (χ4n) is 4.15. The third-order valence-corrected chi connectivity index (χ3v) is 8.19. The smallest absolute Gasteiger partial charge is 0.416 e. The summed E-state index contributed by atoms with van der Waals surface area (Å²) in [6.45, 7) is -0.204. The molecule has 14 nitrogen and oxygen atoms in total. The lowest BCUT2D eigenvalue weighted by Gasteiger charge is -2.48. The number of β-lactam (4-membered cyclic amide) rings is 1. The Morgan fingerprint density at radius 2 is 2.02 bits per heavy atom. The Morgan fingerprint density at radius 3 is 2.68 bits per heavy atom. The van der Waals surface area contributed by atoms with Gasteiger partial charge in [-0.2, -0.15) is 13.2 Å².